The van der Waals surface area contributed by atoms with Crippen LogP contribution in [0.25, 0.3) is 0 Å². The highest BCUT2D eigenvalue weighted by Crippen LogP contribution is 2.22. The van der Waals surface area contributed by atoms with Crippen LogP contribution in [0.3, 0.4) is 0 Å². The van der Waals surface area contributed by atoms with Crippen molar-refractivity contribution in [2.75, 3.05) is 13.2 Å². The van der Waals surface area contributed by atoms with Gasteiger partial charge in [0.15, 0.2) is 6.10 Å². The molecule has 0 aliphatic heterocycles. The van der Waals surface area contributed by atoms with Gasteiger partial charge >= 0.3 is 17.9 Å². The lowest BCUT2D eigenvalue weighted by Crippen LogP contribution is -2.31. The monoisotopic (exact) mass is 608 g/mol. The summed E-state index contributed by atoms with van der Waals surface area (Å²) in [6.45, 7) is -0.931. The largest absolute Gasteiger partial charge is 0.458 e. The Labute approximate surface area is 235 Å². The molecule has 0 spiro atoms. The van der Waals surface area contributed by atoms with Gasteiger partial charge in [-0.15, -0.1) is 0 Å². The number of hydrogen-bond acceptors (Lipinski definition) is 6. The first-order valence-corrected chi connectivity index (χ1v) is 12.2. The topological polar surface area (TPSA) is 78.9 Å². The first kappa shape index (κ1) is 28.4. The van der Waals surface area contributed by atoms with Crippen molar-refractivity contribution in [2.24, 2.45) is 0 Å². The minimum atomic E-state index is -1.20. The van der Waals surface area contributed by atoms with Gasteiger partial charge in [-0.2, -0.15) is 0 Å². The maximum absolute atomic E-state index is 12.7. The van der Waals surface area contributed by atoms with Crippen molar-refractivity contribution >= 4 is 87.5 Å². The van der Waals surface area contributed by atoms with Gasteiger partial charge in [-0.3, -0.25) is 0 Å². The summed E-state index contributed by atoms with van der Waals surface area (Å²) in [5, 5.41) is 1.32. The number of carbonyl (C=O) groups excluding carboxylic acids is 3. The molecule has 0 saturated carbocycles. The fraction of sp³-hybridized carbons (Fsp3) is 0.125. The molecule has 0 aliphatic carbocycles. The van der Waals surface area contributed by atoms with Crippen LogP contribution in [0.1, 0.15) is 31.1 Å². The Balaban J connectivity index is 1.74. The summed E-state index contributed by atoms with van der Waals surface area (Å²) in [5.41, 5.74) is 0.188. The summed E-state index contributed by atoms with van der Waals surface area (Å²) in [7, 11) is 0. The summed E-state index contributed by atoms with van der Waals surface area (Å²) in [6, 6.07) is 12.4. The molecule has 0 aliphatic rings. The van der Waals surface area contributed by atoms with Gasteiger partial charge in [-0.25, -0.2) is 14.4 Å². The smallest absolute Gasteiger partial charge is 0.338 e. The van der Waals surface area contributed by atoms with Crippen molar-refractivity contribution in [3.05, 3.63) is 101 Å². The molecule has 0 unspecified atom stereocenters. The third-order valence-electron chi connectivity index (χ3n) is 4.37. The van der Waals surface area contributed by atoms with Crippen molar-refractivity contribution < 1.29 is 28.6 Å². The van der Waals surface area contributed by atoms with Gasteiger partial charge in [0.2, 0.25) is 0 Å². The number of ether oxygens (including phenoxy) is 3. The maximum atomic E-state index is 12.7. The maximum Gasteiger partial charge on any atom is 0.338 e. The average Bonchev–Trinajstić information content (AvgIpc) is 2.78. The van der Waals surface area contributed by atoms with Crippen molar-refractivity contribution in [1.82, 2.24) is 0 Å². The number of rotatable bonds is 8. The van der Waals surface area contributed by atoms with E-state index in [1.165, 1.54) is 54.6 Å². The van der Waals surface area contributed by atoms with Crippen LogP contribution < -0.4 is 0 Å². The van der Waals surface area contributed by atoms with Gasteiger partial charge in [0.25, 0.3) is 0 Å². The summed E-state index contributed by atoms with van der Waals surface area (Å²) in [5.74, 6) is -2.42. The third kappa shape index (κ3) is 8.44. The molecule has 0 bridgehead atoms. The van der Waals surface area contributed by atoms with Crippen LogP contribution in [-0.4, -0.2) is 37.2 Å². The standard InChI is InChI=1S/C24H14Cl6O6/c25-15-1-12(2-16(26)7-15)22(31)34-10-21(36-24(33)14-5-19(29)9-20(30)6-14)11-35-23(32)13-3-17(27)8-18(28)4-13/h1-9,21H,10-11H2. The van der Waals surface area contributed by atoms with E-state index < -0.39 is 37.2 Å². The van der Waals surface area contributed by atoms with E-state index in [-0.39, 0.29) is 46.8 Å². The minimum absolute atomic E-state index is 0.0402. The van der Waals surface area contributed by atoms with E-state index in [1.807, 2.05) is 0 Å². The number of hydrogen-bond donors (Lipinski definition) is 0. The zero-order valence-electron chi connectivity index (χ0n) is 17.9. The van der Waals surface area contributed by atoms with Gasteiger partial charge in [0.1, 0.15) is 13.2 Å². The van der Waals surface area contributed by atoms with Gasteiger partial charge in [0.05, 0.1) is 16.7 Å². The number of esters is 3. The highest BCUT2D eigenvalue weighted by Gasteiger charge is 2.22. The van der Waals surface area contributed by atoms with E-state index in [2.05, 4.69) is 0 Å². The summed E-state index contributed by atoms with van der Waals surface area (Å²) in [4.78, 5) is 37.6. The second kappa shape index (κ2) is 12.9. The Morgan fingerprint density at radius 1 is 0.500 bits per heavy atom. The Morgan fingerprint density at radius 3 is 1.08 bits per heavy atom. The fourth-order valence-electron chi connectivity index (χ4n) is 2.85. The van der Waals surface area contributed by atoms with Crippen molar-refractivity contribution in [3.63, 3.8) is 0 Å². The van der Waals surface area contributed by atoms with Gasteiger partial charge in [-0.1, -0.05) is 69.6 Å². The van der Waals surface area contributed by atoms with Crippen molar-refractivity contribution in [3.8, 4) is 0 Å². The Morgan fingerprint density at radius 2 is 0.778 bits per heavy atom. The summed E-state index contributed by atoms with van der Waals surface area (Å²) >= 11 is 35.6. The van der Waals surface area contributed by atoms with Crippen molar-refractivity contribution in [2.45, 2.75) is 6.10 Å². The van der Waals surface area contributed by atoms with Crippen LogP contribution in [0.5, 0.6) is 0 Å². The van der Waals surface area contributed by atoms with E-state index in [0.29, 0.717) is 0 Å². The lowest BCUT2D eigenvalue weighted by Gasteiger charge is -2.18. The SMILES string of the molecule is O=C(OCC(COC(=O)c1cc(Cl)cc(Cl)c1)OC(=O)c1cc(Cl)cc(Cl)c1)c1cc(Cl)cc(Cl)c1. The Kier molecular flexibility index (Phi) is 10.1. The molecule has 3 aromatic carbocycles. The van der Waals surface area contributed by atoms with Crippen LogP contribution in [0.15, 0.2) is 54.6 Å². The van der Waals surface area contributed by atoms with Crippen LogP contribution in [-0.2, 0) is 14.2 Å². The van der Waals surface area contributed by atoms with Gasteiger partial charge in [-0.05, 0) is 54.6 Å². The van der Waals surface area contributed by atoms with Crippen LogP contribution >= 0.6 is 69.6 Å². The first-order valence-electron chi connectivity index (χ1n) is 9.93. The fourth-order valence-corrected chi connectivity index (χ4v) is 4.43. The molecular weight excluding hydrogens is 597 g/mol. The summed E-state index contributed by atoms with van der Waals surface area (Å²) < 4.78 is 15.9. The van der Waals surface area contributed by atoms with E-state index >= 15 is 0 Å². The second-order valence-corrected chi connectivity index (χ2v) is 9.82. The quantitative estimate of drug-likeness (QED) is 0.191. The van der Waals surface area contributed by atoms with Crippen LogP contribution in [0.2, 0.25) is 30.1 Å². The second-order valence-electron chi connectivity index (χ2n) is 7.20. The predicted molar refractivity (Wildman–Crippen MR) is 139 cm³/mol. The lowest BCUT2D eigenvalue weighted by atomic mass is 10.2. The molecule has 0 saturated heterocycles. The van der Waals surface area contributed by atoms with E-state index in [1.54, 1.807) is 0 Å². The molecule has 36 heavy (non-hydrogen) atoms. The lowest BCUT2D eigenvalue weighted by molar-refractivity contribution is -0.0253. The third-order valence-corrected chi connectivity index (χ3v) is 5.68. The molecule has 12 heteroatoms. The highest BCUT2D eigenvalue weighted by molar-refractivity contribution is 6.36. The molecule has 3 aromatic rings. The van der Waals surface area contributed by atoms with Gasteiger partial charge < -0.3 is 14.2 Å². The summed E-state index contributed by atoms with van der Waals surface area (Å²) in [6.07, 6.45) is -1.20. The molecule has 3 rings (SSSR count). The zero-order chi connectivity index (χ0) is 26.4. The molecule has 0 heterocycles. The number of halogens is 6. The molecule has 0 N–H and O–H groups in total. The van der Waals surface area contributed by atoms with E-state index in [9.17, 15) is 14.4 Å². The Hall–Kier alpha value is -2.19. The van der Waals surface area contributed by atoms with Crippen LogP contribution in [0.4, 0.5) is 0 Å². The van der Waals surface area contributed by atoms with E-state index in [0.717, 1.165) is 0 Å². The molecular formula is C24H14Cl6O6. The molecule has 0 aromatic heterocycles. The van der Waals surface area contributed by atoms with E-state index in [4.69, 9.17) is 83.8 Å². The molecule has 0 amide bonds. The van der Waals surface area contributed by atoms with Crippen LogP contribution in [0, 0.1) is 0 Å². The van der Waals surface area contributed by atoms with Crippen molar-refractivity contribution in [1.29, 1.82) is 0 Å². The number of benzene rings is 3. The first-order chi connectivity index (χ1) is 17.0. The molecule has 188 valence electrons. The zero-order valence-corrected chi connectivity index (χ0v) is 22.4. The molecule has 6 nitrogen and oxygen atoms in total. The average molecular weight is 611 g/mol. The number of carbonyl (C=O) groups is 3. The molecule has 0 atom stereocenters. The highest BCUT2D eigenvalue weighted by atomic mass is 35.5. The minimum Gasteiger partial charge on any atom is -0.458 e. The Bertz CT molecular complexity index is 1180. The molecule has 0 fully saturated rings. The molecule has 0 radical (unpaired) electrons. The van der Waals surface area contributed by atoms with Gasteiger partial charge in [0, 0.05) is 30.1 Å². The normalized spacial score (nSPS) is 10.8. The predicted octanol–water partition coefficient (Wildman–Crippen LogP) is 7.85.